The maximum atomic E-state index is 2.89. The number of benzene rings is 1. The molecule has 0 saturated carbocycles. The van der Waals surface area contributed by atoms with Gasteiger partial charge in [0.2, 0.25) is 0 Å². The SMILES string of the molecule is C[C-](C)C.[Mg+2].[c-]1ccccc1. The van der Waals surface area contributed by atoms with Crippen molar-refractivity contribution in [1.29, 1.82) is 0 Å². The average molecular weight is 159 g/mol. The van der Waals surface area contributed by atoms with E-state index >= 15 is 0 Å². The van der Waals surface area contributed by atoms with Crippen molar-refractivity contribution in [2.75, 3.05) is 0 Å². The molecule has 11 heavy (non-hydrogen) atoms. The molecule has 0 aliphatic heterocycles. The van der Waals surface area contributed by atoms with Crippen LogP contribution in [0.15, 0.2) is 30.3 Å². The number of hydrogen-bond donors (Lipinski definition) is 0. The topological polar surface area (TPSA) is 0 Å². The van der Waals surface area contributed by atoms with Crippen LogP contribution in [-0.4, -0.2) is 23.1 Å². The van der Waals surface area contributed by atoms with E-state index in [0.717, 1.165) is 0 Å². The first-order valence-corrected chi connectivity index (χ1v) is 3.41. The molecule has 0 atom stereocenters. The van der Waals surface area contributed by atoms with Gasteiger partial charge in [-0.05, 0) is 0 Å². The van der Waals surface area contributed by atoms with Gasteiger partial charge in [-0.25, -0.2) is 0 Å². The zero-order valence-corrected chi connectivity index (χ0v) is 9.01. The Hall–Kier alpha value is -0.0138. The van der Waals surface area contributed by atoms with Crippen LogP contribution in [0.25, 0.3) is 0 Å². The van der Waals surface area contributed by atoms with Gasteiger partial charge in [0.25, 0.3) is 0 Å². The molecule has 0 heterocycles. The Morgan fingerprint density at radius 3 is 1.36 bits per heavy atom. The predicted octanol–water partition coefficient (Wildman–Crippen LogP) is 2.73. The van der Waals surface area contributed by atoms with Crippen LogP contribution in [0.5, 0.6) is 0 Å². The van der Waals surface area contributed by atoms with Gasteiger partial charge in [-0.2, -0.15) is 57.2 Å². The summed E-state index contributed by atoms with van der Waals surface area (Å²) in [5, 5.41) is 0. The van der Waals surface area contributed by atoms with Gasteiger partial charge in [-0.1, -0.05) is 0 Å². The molecule has 0 saturated heterocycles. The summed E-state index contributed by atoms with van der Waals surface area (Å²) in [5.74, 6) is 1.42. The van der Waals surface area contributed by atoms with Crippen LogP contribution in [0.1, 0.15) is 20.8 Å². The molecule has 56 valence electrons. The molecule has 1 aromatic carbocycles. The van der Waals surface area contributed by atoms with Gasteiger partial charge in [-0.15, -0.1) is 0 Å². The summed E-state index contributed by atoms with van der Waals surface area (Å²) in [7, 11) is 0. The minimum atomic E-state index is 0. The second-order valence-electron chi connectivity index (χ2n) is 2.58. The molecule has 1 rings (SSSR count). The van der Waals surface area contributed by atoms with E-state index < -0.39 is 0 Å². The van der Waals surface area contributed by atoms with Gasteiger partial charge < -0.3 is 5.92 Å². The summed E-state index contributed by atoms with van der Waals surface area (Å²) < 4.78 is 0. The molecule has 0 aromatic heterocycles. The van der Waals surface area contributed by atoms with Gasteiger partial charge in [0.05, 0.1) is 0 Å². The Balaban J connectivity index is 0. The van der Waals surface area contributed by atoms with Crippen LogP contribution >= 0.6 is 0 Å². The Bertz CT molecular complexity index is 105. The van der Waals surface area contributed by atoms with E-state index in [0.29, 0.717) is 0 Å². The monoisotopic (exact) mass is 158 g/mol. The Kier molecular flexibility index (Phi) is 12.3. The fraction of sp³-hybridized carbons (Fsp3) is 0.300. The molecule has 0 N–H and O–H groups in total. The van der Waals surface area contributed by atoms with E-state index in [1.807, 2.05) is 30.3 Å². The van der Waals surface area contributed by atoms with Crippen LogP contribution in [-0.2, 0) is 0 Å². The summed E-state index contributed by atoms with van der Waals surface area (Å²) >= 11 is 0. The summed E-state index contributed by atoms with van der Waals surface area (Å²) in [6.45, 7) is 6.25. The molecule has 0 nitrogen and oxygen atoms in total. The van der Waals surface area contributed by atoms with Gasteiger partial charge in [0, 0.05) is 0 Å². The quantitative estimate of drug-likeness (QED) is 0.402. The van der Waals surface area contributed by atoms with Crippen LogP contribution in [0.3, 0.4) is 0 Å². The van der Waals surface area contributed by atoms with Crippen molar-refractivity contribution in [3.05, 3.63) is 42.3 Å². The maximum Gasteiger partial charge on any atom is 2.00 e. The first kappa shape index (κ1) is 13.6. The molecule has 0 unspecified atom stereocenters. The third-order valence-corrected chi connectivity index (χ3v) is 0.607. The molecular weight excluding hydrogens is 144 g/mol. The molecule has 1 heteroatoms. The van der Waals surface area contributed by atoms with Gasteiger partial charge >= 0.3 is 23.1 Å². The molecule has 0 amide bonds. The van der Waals surface area contributed by atoms with E-state index in [9.17, 15) is 0 Å². The maximum absolute atomic E-state index is 2.89. The minimum Gasteiger partial charge on any atom is -0.323 e. The van der Waals surface area contributed by atoms with Crippen molar-refractivity contribution < 1.29 is 0 Å². The van der Waals surface area contributed by atoms with Gasteiger partial charge in [0.1, 0.15) is 0 Å². The van der Waals surface area contributed by atoms with Crippen molar-refractivity contribution in [2.24, 2.45) is 0 Å². The molecular formula is C10H14Mg. The van der Waals surface area contributed by atoms with E-state index in [1.165, 1.54) is 5.92 Å². The van der Waals surface area contributed by atoms with Crippen LogP contribution in [0, 0.1) is 12.0 Å². The van der Waals surface area contributed by atoms with E-state index in [4.69, 9.17) is 0 Å². The Morgan fingerprint density at radius 2 is 1.27 bits per heavy atom. The number of rotatable bonds is 0. The largest absolute Gasteiger partial charge is 2.00 e. The normalized spacial score (nSPS) is 7.64. The standard InChI is InChI=1S/C6H5.C4H9.Mg/c1-2-4-6-5-3-1;1-4(2)3;/h1-5H;1-3H3;/q2*-1;+2. The second kappa shape index (κ2) is 9.99. The van der Waals surface area contributed by atoms with Crippen molar-refractivity contribution >= 4 is 23.1 Å². The van der Waals surface area contributed by atoms with Crippen molar-refractivity contribution in [2.45, 2.75) is 20.8 Å². The van der Waals surface area contributed by atoms with Crippen molar-refractivity contribution in [3.63, 3.8) is 0 Å². The zero-order valence-electron chi connectivity index (χ0n) is 7.59. The smallest absolute Gasteiger partial charge is 0.323 e. The molecule has 0 spiro atoms. The van der Waals surface area contributed by atoms with Crippen LogP contribution in [0.4, 0.5) is 0 Å². The summed E-state index contributed by atoms with van der Waals surface area (Å²) in [4.78, 5) is 0. The third kappa shape index (κ3) is 17.8. The summed E-state index contributed by atoms with van der Waals surface area (Å²) in [5.41, 5.74) is 0. The molecule has 0 bridgehead atoms. The van der Waals surface area contributed by atoms with Gasteiger partial charge in [-0.3, -0.25) is 0 Å². The number of hydrogen-bond acceptors (Lipinski definition) is 0. The first-order chi connectivity index (χ1) is 4.73. The molecule has 0 fully saturated rings. The summed E-state index contributed by atoms with van der Waals surface area (Å²) in [6, 6.07) is 12.5. The van der Waals surface area contributed by atoms with E-state index in [1.54, 1.807) is 0 Å². The molecule has 0 radical (unpaired) electrons. The molecule has 1 aromatic rings. The van der Waals surface area contributed by atoms with Gasteiger partial charge in [0.15, 0.2) is 0 Å². The van der Waals surface area contributed by atoms with E-state index in [-0.39, 0.29) is 23.1 Å². The minimum absolute atomic E-state index is 0. The van der Waals surface area contributed by atoms with Crippen molar-refractivity contribution in [1.82, 2.24) is 0 Å². The predicted molar refractivity (Wildman–Crippen MR) is 51.3 cm³/mol. The van der Waals surface area contributed by atoms with Crippen LogP contribution in [0.2, 0.25) is 0 Å². The molecule has 0 aliphatic rings. The Morgan fingerprint density at radius 1 is 0.909 bits per heavy atom. The molecule has 0 aliphatic carbocycles. The first-order valence-electron chi connectivity index (χ1n) is 3.41. The zero-order chi connectivity index (χ0) is 7.82. The fourth-order valence-electron chi connectivity index (χ4n) is 0.342. The Labute approximate surface area is 86.2 Å². The fourth-order valence-corrected chi connectivity index (χ4v) is 0.342. The van der Waals surface area contributed by atoms with E-state index in [2.05, 4.69) is 26.8 Å². The average Bonchev–Trinajstić information content (AvgIpc) is 1.90. The second-order valence-corrected chi connectivity index (χ2v) is 2.58. The van der Waals surface area contributed by atoms with Crippen LogP contribution < -0.4 is 0 Å². The van der Waals surface area contributed by atoms with Crippen molar-refractivity contribution in [3.8, 4) is 0 Å². The third-order valence-electron chi connectivity index (χ3n) is 0.607. The summed E-state index contributed by atoms with van der Waals surface area (Å²) in [6.07, 6.45) is 0.